The minimum Gasteiger partial charge on any atom is -0.439 e. The maximum atomic E-state index is 13.4. The molecule has 2 aromatic carbocycles. The molecule has 0 amide bonds. The first-order chi connectivity index (χ1) is 15.0. The van der Waals surface area contributed by atoms with Gasteiger partial charge < -0.3 is 9.84 Å². The minimum atomic E-state index is -0.408. The molecule has 1 saturated carbocycles. The molecule has 0 spiro atoms. The maximum Gasteiger partial charge on any atom is 0.227 e. The largest absolute Gasteiger partial charge is 0.439 e. The van der Waals surface area contributed by atoms with E-state index in [4.69, 9.17) is 9.84 Å². The van der Waals surface area contributed by atoms with Crippen LogP contribution in [0.2, 0.25) is 0 Å². The third-order valence-corrected chi connectivity index (χ3v) is 5.50. The number of para-hydroxylation sites is 1. The molecule has 0 radical (unpaired) electrons. The molecule has 4 rings (SSSR count). The number of benzene rings is 2. The topological polar surface area (TPSA) is 50.5 Å². The minimum absolute atomic E-state index is 0.300. The van der Waals surface area contributed by atoms with Gasteiger partial charge in [-0.05, 0) is 68.5 Å². The molecule has 164 valence electrons. The van der Waals surface area contributed by atoms with E-state index in [-0.39, 0.29) is 5.82 Å². The van der Waals surface area contributed by atoms with Crippen molar-refractivity contribution >= 4 is 0 Å². The van der Waals surface area contributed by atoms with Gasteiger partial charge in [0.2, 0.25) is 5.88 Å². The van der Waals surface area contributed by atoms with Gasteiger partial charge in [0.1, 0.15) is 11.6 Å². The van der Waals surface area contributed by atoms with Crippen LogP contribution in [0.1, 0.15) is 37.9 Å². The van der Waals surface area contributed by atoms with Crippen molar-refractivity contribution < 1.29 is 14.2 Å². The van der Waals surface area contributed by atoms with Gasteiger partial charge in [0.05, 0.1) is 23.0 Å². The van der Waals surface area contributed by atoms with Crippen LogP contribution < -0.4 is 4.74 Å². The molecule has 5 nitrogen and oxygen atoms in total. The molecule has 1 unspecified atom stereocenters. The predicted octanol–water partition coefficient (Wildman–Crippen LogP) is 4.96. The lowest BCUT2D eigenvalue weighted by atomic mass is 10.1. The monoisotopic (exact) mass is 423 g/mol. The van der Waals surface area contributed by atoms with Crippen LogP contribution in [-0.2, 0) is 13.0 Å². The highest BCUT2D eigenvalue weighted by atomic mass is 19.1. The van der Waals surface area contributed by atoms with Crippen molar-refractivity contribution in [3.63, 3.8) is 0 Å². The van der Waals surface area contributed by atoms with Crippen molar-refractivity contribution in [2.75, 3.05) is 13.1 Å². The molecule has 0 bridgehead atoms. The van der Waals surface area contributed by atoms with Gasteiger partial charge >= 0.3 is 0 Å². The summed E-state index contributed by atoms with van der Waals surface area (Å²) in [6.07, 6.45) is 2.86. The average Bonchev–Trinajstić information content (AvgIpc) is 3.51. The molecule has 1 aromatic heterocycles. The number of hydrogen-bond donors (Lipinski definition) is 1. The SMILES string of the molecule is CCc1nn(-c2ccccc2)c(Oc2ccc(F)cc2)c1CN(CC(C)O)CC1CC1. The van der Waals surface area contributed by atoms with Gasteiger partial charge in [-0.25, -0.2) is 9.07 Å². The van der Waals surface area contributed by atoms with Crippen molar-refractivity contribution in [1.82, 2.24) is 14.7 Å². The lowest BCUT2D eigenvalue weighted by Gasteiger charge is -2.24. The van der Waals surface area contributed by atoms with E-state index in [9.17, 15) is 9.50 Å². The molecule has 1 atom stereocenters. The fourth-order valence-electron chi connectivity index (χ4n) is 3.85. The summed E-state index contributed by atoms with van der Waals surface area (Å²) in [5.41, 5.74) is 2.88. The van der Waals surface area contributed by atoms with Crippen molar-refractivity contribution in [2.45, 2.75) is 45.8 Å². The standard InChI is InChI=1S/C25H30FN3O2/c1-3-24-23(17-28(15-18(2)30)16-19-9-10-19)25(31-22-13-11-20(26)12-14-22)29(27-24)21-7-5-4-6-8-21/h4-8,11-14,18-19,30H,3,9-10,15-17H2,1-2H3. The van der Waals surface area contributed by atoms with E-state index in [0.717, 1.165) is 29.9 Å². The second-order valence-electron chi connectivity index (χ2n) is 8.37. The molecule has 0 aliphatic heterocycles. The molecular formula is C25H30FN3O2. The molecule has 3 aromatic rings. The lowest BCUT2D eigenvalue weighted by Crippen LogP contribution is -2.32. The second-order valence-corrected chi connectivity index (χ2v) is 8.37. The second kappa shape index (κ2) is 9.62. The van der Waals surface area contributed by atoms with Crippen LogP contribution in [0, 0.1) is 11.7 Å². The molecular weight excluding hydrogens is 393 g/mol. The molecule has 6 heteroatoms. The van der Waals surface area contributed by atoms with Crippen molar-refractivity contribution in [3.8, 4) is 17.3 Å². The molecule has 31 heavy (non-hydrogen) atoms. The van der Waals surface area contributed by atoms with Crippen LogP contribution in [0.25, 0.3) is 5.69 Å². The van der Waals surface area contributed by atoms with E-state index in [1.165, 1.54) is 25.0 Å². The fraction of sp³-hybridized carbons (Fsp3) is 0.400. The lowest BCUT2D eigenvalue weighted by molar-refractivity contribution is 0.118. The smallest absolute Gasteiger partial charge is 0.227 e. The Kier molecular flexibility index (Phi) is 6.68. The van der Waals surface area contributed by atoms with E-state index < -0.39 is 6.10 Å². The first-order valence-electron chi connectivity index (χ1n) is 11.0. The Bertz CT molecular complexity index is 978. The normalized spacial score (nSPS) is 14.7. The Labute approximate surface area is 183 Å². The van der Waals surface area contributed by atoms with E-state index in [1.807, 2.05) is 41.9 Å². The van der Waals surface area contributed by atoms with Crippen LogP contribution in [0.5, 0.6) is 11.6 Å². The van der Waals surface area contributed by atoms with Crippen LogP contribution in [-0.4, -0.2) is 39.0 Å². The number of halogens is 1. The Hall–Kier alpha value is -2.70. The zero-order valence-electron chi connectivity index (χ0n) is 18.2. The first kappa shape index (κ1) is 21.5. The third-order valence-electron chi connectivity index (χ3n) is 5.50. The van der Waals surface area contributed by atoms with Crippen LogP contribution >= 0.6 is 0 Å². The van der Waals surface area contributed by atoms with Crippen molar-refractivity contribution in [3.05, 3.63) is 71.7 Å². The molecule has 1 aliphatic carbocycles. The number of ether oxygens (including phenoxy) is 1. The van der Waals surface area contributed by atoms with Crippen LogP contribution in [0.3, 0.4) is 0 Å². The number of aliphatic hydroxyl groups excluding tert-OH is 1. The highest BCUT2D eigenvalue weighted by molar-refractivity contribution is 5.43. The summed E-state index contributed by atoms with van der Waals surface area (Å²) >= 11 is 0. The van der Waals surface area contributed by atoms with E-state index in [2.05, 4.69) is 11.8 Å². The van der Waals surface area contributed by atoms with E-state index >= 15 is 0 Å². The maximum absolute atomic E-state index is 13.4. The number of aliphatic hydroxyl groups is 1. The highest BCUT2D eigenvalue weighted by Gasteiger charge is 2.28. The Morgan fingerprint density at radius 1 is 1.16 bits per heavy atom. The number of nitrogens with zero attached hydrogens (tertiary/aromatic N) is 3. The summed E-state index contributed by atoms with van der Waals surface area (Å²) in [5, 5.41) is 14.9. The summed E-state index contributed by atoms with van der Waals surface area (Å²) in [7, 11) is 0. The number of rotatable bonds is 10. The van der Waals surface area contributed by atoms with Gasteiger partial charge in [-0.3, -0.25) is 4.90 Å². The Morgan fingerprint density at radius 3 is 2.48 bits per heavy atom. The Balaban J connectivity index is 1.74. The highest BCUT2D eigenvalue weighted by Crippen LogP contribution is 2.34. The van der Waals surface area contributed by atoms with Crippen molar-refractivity contribution in [1.29, 1.82) is 0 Å². The van der Waals surface area contributed by atoms with E-state index in [0.29, 0.717) is 30.6 Å². The molecule has 1 aliphatic rings. The van der Waals surface area contributed by atoms with Gasteiger partial charge in [-0.15, -0.1) is 0 Å². The molecule has 1 N–H and O–H groups in total. The molecule has 0 saturated heterocycles. The number of aryl methyl sites for hydroxylation is 1. The fourth-order valence-corrected chi connectivity index (χ4v) is 3.85. The van der Waals surface area contributed by atoms with Crippen molar-refractivity contribution in [2.24, 2.45) is 5.92 Å². The van der Waals surface area contributed by atoms with Crippen LogP contribution in [0.15, 0.2) is 54.6 Å². The summed E-state index contributed by atoms with van der Waals surface area (Å²) in [4.78, 5) is 2.30. The first-order valence-corrected chi connectivity index (χ1v) is 11.0. The average molecular weight is 424 g/mol. The molecule has 1 heterocycles. The Morgan fingerprint density at radius 2 is 1.87 bits per heavy atom. The van der Waals surface area contributed by atoms with Gasteiger partial charge in [0.25, 0.3) is 0 Å². The quantitative estimate of drug-likeness (QED) is 0.501. The zero-order chi connectivity index (χ0) is 21.8. The van der Waals surface area contributed by atoms with Crippen LogP contribution in [0.4, 0.5) is 4.39 Å². The zero-order valence-corrected chi connectivity index (χ0v) is 18.2. The predicted molar refractivity (Wildman–Crippen MR) is 119 cm³/mol. The number of hydrogen-bond acceptors (Lipinski definition) is 4. The summed E-state index contributed by atoms with van der Waals surface area (Å²) in [6.45, 7) is 6.12. The molecule has 1 fully saturated rings. The summed E-state index contributed by atoms with van der Waals surface area (Å²) in [5.74, 6) is 1.60. The number of aromatic nitrogens is 2. The summed E-state index contributed by atoms with van der Waals surface area (Å²) in [6, 6.07) is 15.9. The summed E-state index contributed by atoms with van der Waals surface area (Å²) < 4.78 is 21.6. The van der Waals surface area contributed by atoms with Gasteiger partial charge in [-0.2, -0.15) is 5.10 Å². The third kappa shape index (κ3) is 5.51. The van der Waals surface area contributed by atoms with Gasteiger partial charge in [0.15, 0.2) is 0 Å². The van der Waals surface area contributed by atoms with Gasteiger partial charge in [0, 0.05) is 19.6 Å². The van der Waals surface area contributed by atoms with Gasteiger partial charge in [-0.1, -0.05) is 25.1 Å². The van der Waals surface area contributed by atoms with E-state index in [1.54, 1.807) is 12.1 Å².